The molecule has 2 atom stereocenters. The smallest absolute Gasteiger partial charge is 0.396 e. The Morgan fingerprint density at radius 1 is 0.622 bits per heavy atom. The average Bonchev–Trinajstić information content (AvgIpc) is 2.83. The van der Waals surface area contributed by atoms with Gasteiger partial charge in [-0.1, -0.05) is 91.9 Å². The van der Waals surface area contributed by atoms with Gasteiger partial charge in [-0.25, -0.2) is 9.13 Å². The van der Waals surface area contributed by atoms with Crippen molar-refractivity contribution in [3.8, 4) is 0 Å². The average molecular weight is 577 g/mol. The maximum atomic E-state index is 13.2. The summed E-state index contributed by atoms with van der Waals surface area (Å²) in [7, 11) is -9.38. The normalized spacial score (nSPS) is 15.8. The van der Waals surface area contributed by atoms with E-state index in [-0.39, 0.29) is 13.2 Å². The first-order valence-corrected chi connectivity index (χ1v) is 16.8. The predicted octanol–water partition coefficient (Wildman–Crippen LogP) is 6.22. The number of rotatable bonds is 26. The third-order valence-corrected chi connectivity index (χ3v) is 9.17. The van der Waals surface area contributed by atoms with Crippen molar-refractivity contribution < 1.29 is 47.2 Å². The summed E-state index contributed by atoms with van der Waals surface area (Å²) < 4.78 is 45.9. The number of hydrogen-bond acceptors (Lipinski definition) is 9. The monoisotopic (exact) mass is 576 g/mol. The van der Waals surface area contributed by atoms with Crippen LogP contribution in [-0.4, -0.2) is 59.9 Å². The topological polar surface area (TPSA) is 152 Å². The van der Waals surface area contributed by atoms with Crippen LogP contribution in [0, 0.1) is 17.3 Å². The van der Waals surface area contributed by atoms with Crippen molar-refractivity contribution in [1.82, 2.24) is 0 Å². The molecule has 0 rings (SSSR count). The first-order valence-electron chi connectivity index (χ1n) is 13.8. The summed E-state index contributed by atoms with van der Waals surface area (Å²) in [5.74, 6) is 1.34. The second-order valence-electron chi connectivity index (χ2n) is 10.8. The third-order valence-electron chi connectivity index (χ3n) is 6.09. The fourth-order valence-electron chi connectivity index (χ4n) is 3.46. The molecule has 0 aromatic carbocycles. The molecule has 2 unspecified atom stereocenters. The van der Waals surface area contributed by atoms with Gasteiger partial charge in [-0.2, -0.15) is 4.31 Å². The highest BCUT2D eigenvalue weighted by Crippen LogP contribution is 2.64. The standard InChI is InChI=1S/C25H54O10P2/c1-23(2)15-11-7-5-9-13-17-32-36(29,30)35-37(31,34-22-25(19-26,20-27)21-28)33-18-14-10-6-8-12-16-24(3)4/h23-24,26-28H,5-22H2,1-4H3,(H,29,30). The van der Waals surface area contributed by atoms with Crippen LogP contribution in [0.5, 0.6) is 0 Å². The van der Waals surface area contributed by atoms with Crippen LogP contribution in [0.25, 0.3) is 0 Å². The lowest BCUT2D eigenvalue weighted by Gasteiger charge is -2.29. The summed E-state index contributed by atoms with van der Waals surface area (Å²) >= 11 is 0. The molecule has 4 N–H and O–H groups in total. The molecule has 0 aliphatic rings. The van der Waals surface area contributed by atoms with Gasteiger partial charge in [0.2, 0.25) is 0 Å². The maximum absolute atomic E-state index is 13.2. The minimum absolute atomic E-state index is 0.0395. The van der Waals surface area contributed by atoms with E-state index >= 15 is 0 Å². The third kappa shape index (κ3) is 19.8. The zero-order valence-corrected chi connectivity index (χ0v) is 25.3. The first kappa shape index (κ1) is 37.1. The van der Waals surface area contributed by atoms with E-state index in [0.29, 0.717) is 24.7 Å². The van der Waals surface area contributed by atoms with Gasteiger partial charge in [0.15, 0.2) is 0 Å². The molecule has 0 spiro atoms. The number of phosphoric ester groups is 2. The first-order chi connectivity index (χ1) is 17.4. The summed E-state index contributed by atoms with van der Waals surface area (Å²) in [6.07, 6.45) is 11.5. The van der Waals surface area contributed by atoms with Gasteiger partial charge >= 0.3 is 15.6 Å². The number of hydrogen-bond donors (Lipinski definition) is 4. The van der Waals surface area contributed by atoms with Crippen LogP contribution in [0.1, 0.15) is 105 Å². The van der Waals surface area contributed by atoms with Crippen LogP contribution in [0.2, 0.25) is 0 Å². The largest absolute Gasteiger partial charge is 0.483 e. The Morgan fingerprint density at radius 2 is 1.03 bits per heavy atom. The summed E-state index contributed by atoms with van der Waals surface area (Å²) in [6, 6.07) is 0. The van der Waals surface area contributed by atoms with E-state index in [1.807, 2.05) is 0 Å². The molecule has 0 radical (unpaired) electrons. The van der Waals surface area contributed by atoms with Crippen LogP contribution >= 0.6 is 15.6 Å². The summed E-state index contributed by atoms with van der Waals surface area (Å²) in [6.45, 7) is 6.04. The fraction of sp³-hybridized carbons (Fsp3) is 1.00. The zero-order valence-electron chi connectivity index (χ0n) is 23.5. The second-order valence-corrected chi connectivity index (χ2v) is 14.1. The van der Waals surface area contributed by atoms with Gasteiger partial charge in [0.1, 0.15) is 0 Å². The Morgan fingerprint density at radius 3 is 1.46 bits per heavy atom. The minimum Gasteiger partial charge on any atom is -0.396 e. The van der Waals surface area contributed by atoms with Gasteiger partial charge in [-0.05, 0) is 24.7 Å². The number of aliphatic hydroxyl groups excluding tert-OH is 3. The molecule has 0 saturated carbocycles. The van der Waals surface area contributed by atoms with Crippen molar-refractivity contribution >= 4 is 15.6 Å². The van der Waals surface area contributed by atoms with E-state index in [0.717, 1.165) is 51.4 Å². The molecule has 12 heteroatoms. The van der Waals surface area contributed by atoms with Crippen LogP contribution in [0.3, 0.4) is 0 Å². The molecule has 0 aliphatic heterocycles. The van der Waals surface area contributed by atoms with E-state index in [1.165, 1.54) is 12.8 Å². The number of aliphatic hydroxyl groups is 3. The Labute approximate surface area is 224 Å². The highest BCUT2D eigenvalue weighted by atomic mass is 31.3. The zero-order chi connectivity index (χ0) is 28.2. The molecule has 224 valence electrons. The van der Waals surface area contributed by atoms with Crippen LogP contribution in [0.15, 0.2) is 0 Å². The quantitative estimate of drug-likeness (QED) is 0.0690. The van der Waals surface area contributed by atoms with E-state index < -0.39 is 47.5 Å². The van der Waals surface area contributed by atoms with E-state index in [2.05, 4.69) is 27.7 Å². The Kier molecular flexibility index (Phi) is 21.0. The minimum atomic E-state index is -4.78. The van der Waals surface area contributed by atoms with E-state index in [1.54, 1.807) is 0 Å². The summed E-state index contributed by atoms with van der Waals surface area (Å²) in [4.78, 5) is 10.1. The van der Waals surface area contributed by atoms with E-state index in [9.17, 15) is 29.3 Å². The molecular formula is C25H54O10P2. The maximum Gasteiger partial charge on any atom is 0.483 e. The summed E-state index contributed by atoms with van der Waals surface area (Å²) in [5.41, 5.74) is -1.52. The number of unbranched alkanes of at least 4 members (excludes halogenated alkanes) is 8. The molecule has 10 nitrogen and oxygen atoms in total. The van der Waals surface area contributed by atoms with Crippen LogP contribution in [-0.2, 0) is 27.0 Å². The molecule has 0 aromatic heterocycles. The molecule has 0 saturated heterocycles. The molecule has 0 heterocycles. The lowest BCUT2D eigenvalue weighted by Crippen LogP contribution is -2.38. The van der Waals surface area contributed by atoms with Gasteiger partial charge in [0.05, 0.1) is 45.1 Å². The van der Waals surface area contributed by atoms with Gasteiger partial charge in [-0.15, -0.1) is 0 Å². The molecule has 0 fully saturated rings. The fourth-order valence-corrected chi connectivity index (χ4v) is 6.26. The van der Waals surface area contributed by atoms with Gasteiger partial charge in [0, 0.05) is 0 Å². The lowest BCUT2D eigenvalue weighted by molar-refractivity contribution is -0.0340. The van der Waals surface area contributed by atoms with Crippen molar-refractivity contribution in [2.24, 2.45) is 17.3 Å². The molecule has 0 aromatic rings. The van der Waals surface area contributed by atoms with Crippen molar-refractivity contribution in [2.75, 3.05) is 39.6 Å². The molecular weight excluding hydrogens is 522 g/mol. The molecule has 0 amide bonds. The summed E-state index contributed by atoms with van der Waals surface area (Å²) in [5, 5.41) is 28.5. The van der Waals surface area contributed by atoms with E-state index in [4.69, 9.17) is 17.9 Å². The van der Waals surface area contributed by atoms with Crippen LogP contribution in [0.4, 0.5) is 0 Å². The molecule has 0 aliphatic carbocycles. The Hall–Kier alpha value is 0.140. The van der Waals surface area contributed by atoms with Crippen molar-refractivity contribution in [2.45, 2.75) is 105 Å². The van der Waals surface area contributed by atoms with Gasteiger partial charge in [0.25, 0.3) is 0 Å². The Balaban J connectivity index is 4.75. The predicted molar refractivity (Wildman–Crippen MR) is 145 cm³/mol. The van der Waals surface area contributed by atoms with Crippen LogP contribution < -0.4 is 0 Å². The molecule has 37 heavy (non-hydrogen) atoms. The second kappa shape index (κ2) is 21.0. The van der Waals surface area contributed by atoms with Crippen molar-refractivity contribution in [3.63, 3.8) is 0 Å². The highest BCUT2D eigenvalue weighted by molar-refractivity contribution is 7.61. The number of phosphoric acid groups is 2. The Bertz CT molecular complexity index is 633. The van der Waals surface area contributed by atoms with Gasteiger partial charge in [-0.3, -0.25) is 13.6 Å². The van der Waals surface area contributed by atoms with Crippen molar-refractivity contribution in [3.05, 3.63) is 0 Å². The van der Waals surface area contributed by atoms with Gasteiger partial charge < -0.3 is 20.2 Å². The molecule has 0 bridgehead atoms. The van der Waals surface area contributed by atoms with Crippen molar-refractivity contribution in [1.29, 1.82) is 0 Å². The SMILES string of the molecule is CC(C)CCCCCCCOP(=O)(O)OP(=O)(OCCCCCCCC(C)C)OCC(CO)(CO)CO. The highest BCUT2D eigenvalue weighted by Gasteiger charge is 2.41. The lowest BCUT2D eigenvalue weighted by atomic mass is 9.93.